The van der Waals surface area contributed by atoms with E-state index in [0.717, 1.165) is 28.9 Å². The molecule has 0 spiro atoms. The number of hydrogen-bond acceptors (Lipinski definition) is 2. The first-order valence-corrected chi connectivity index (χ1v) is 6.85. The zero-order chi connectivity index (χ0) is 12.4. The molecule has 1 aromatic heterocycles. The summed E-state index contributed by atoms with van der Waals surface area (Å²) in [6.07, 6.45) is 0. The third-order valence-corrected chi connectivity index (χ3v) is 3.52. The molecule has 0 saturated heterocycles. The van der Waals surface area contributed by atoms with Crippen molar-refractivity contribution < 1.29 is 4.42 Å². The summed E-state index contributed by atoms with van der Waals surface area (Å²) in [5, 5.41) is 4.56. The third kappa shape index (κ3) is 2.40. The second-order valence-corrected chi connectivity index (χ2v) is 5.34. The summed E-state index contributed by atoms with van der Waals surface area (Å²) in [7, 11) is 0. The van der Waals surface area contributed by atoms with E-state index < -0.39 is 0 Å². The molecule has 0 aliphatic rings. The highest BCUT2D eigenvalue weighted by atomic mass is 79.9. The van der Waals surface area contributed by atoms with Crippen molar-refractivity contribution >= 4 is 26.9 Å². The Balaban J connectivity index is 2.58. The average molecular weight is 296 g/mol. The van der Waals surface area contributed by atoms with Gasteiger partial charge in [0.25, 0.3) is 0 Å². The van der Waals surface area contributed by atoms with Gasteiger partial charge < -0.3 is 9.73 Å². The van der Waals surface area contributed by atoms with Crippen molar-refractivity contribution in [1.82, 2.24) is 5.32 Å². The monoisotopic (exact) mass is 295 g/mol. The number of rotatable bonds is 4. The van der Waals surface area contributed by atoms with Crippen LogP contribution in [0.3, 0.4) is 0 Å². The van der Waals surface area contributed by atoms with Gasteiger partial charge in [-0.25, -0.2) is 0 Å². The van der Waals surface area contributed by atoms with Crippen LogP contribution >= 0.6 is 15.9 Å². The quantitative estimate of drug-likeness (QED) is 0.903. The van der Waals surface area contributed by atoms with Crippen LogP contribution in [0.1, 0.15) is 38.0 Å². The molecule has 2 rings (SSSR count). The van der Waals surface area contributed by atoms with Gasteiger partial charge in [0.2, 0.25) is 0 Å². The summed E-state index contributed by atoms with van der Waals surface area (Å²) in [6, 6.07) is 6.21. The molecule has 0 unspecified atom stereocenters. The summed E-state index contributed by atoms with van der Waals surface area (Å²) in [5.74, 6) is 1.53. The van der Waals surface area contributed by atoms with Crippen LogP contribution in [0.15, 0.2) is 27.1 Å². The zero-order valence-corrected chi connectivity index (χ0v) is 12.1. The second-order valence-electron chi connectivity index (χ2n) is 4.49. The predicted molar refractivity (Wildman–Crippen MR) is 75.4 cm³/mol. The van der Waals surface area contributed by atoms with Crippen LogP contribution in [0.4, 0.5) is 0 Å². The van der Waals surface area contributed by atoms with E-state index in [-0.39, 0.29) is 0 Å². The van der Waals surface area contributed by atoms with Gasteiger partial charge in [-0.05, 0) is 34.5 Å². The molecule has 0 saturated carbocycles. The number of hydrogen-bond donors (Lipinski definition) is 1. The number of furan rings is 1. The van der Waals surface area contributed by atoms with E-state index in [1.54, 1.807) is 0 Å². The Labute approximate surface area is 111 Å². The van der Waals surface area contributed by atoms with Crippen LogP contribution in [0.2, 0.25) is 0 Å². The zero-order valence-electron chi connectivity index (χ0n) is 10.5. The van der Waals surface area contributed by atoms with Crippen LogP contribution in [-0.2, 0) is 6.54 Å². The molecule has 2 aromatic rings. The first kappa shape index (κ1) is 12.7. The van der Waals surface area contributed by atoms with Crippen molar-refractivity contribution in [2.75, 3.05) is 6.54 Å². The van der Waals surface area contributed by atoms with Crippen LogP contribution in [0.25, 0.3) is 11.0 Å². The fourth-order valence-electron chi connectivity index (χ4n) is 2.16. The topological polar surface area (TPSA) is 25.2 Å². The molecule has 3 heteroatoms. The van der Waals surface area contributed by atoms with Gasteiger partial charge in [0.1, 0.15) is 11.3 Å². The Hall–Kier alpha value is -0.800. The Morgan fingerprint density at radius 2 is 2.12 bits per heavy atom. The van der Waals surface area contributed by atoms with E-state index >= 15 is 0 Å². The molecule has 0 atom stereocenters. The van der Waals surface area contributed by atoms with Gasteiger partial charge in [-0.15, -0.1) is 0 Å². The highest BCUT2D eigenvalue weighted by Gasteiger charge is 2.17. The summed E-state index contributed by atoms with van der Waals surface area (Å²) in [6.45, 7) is 8.27. The molecule has 2 nitrogen and oxygen atoms in total. The molecule has 0 bridgehead atoms. The van der Waals surface area contributed by atoms with Crippen LogP contribution in [0.5, 0.6) is 0 Å². The summed E-state index contributed by atoms with van der Waals surface area (Å²) in [5.41, 5.74) is 2.28. The highest BCUT2D eigenvalue weighted by Crippen LogP contribution is 2.35. The minimum atomic E-state index is 0.471. The van der Waals surface area contributed by atoms with Crippen molar-refractivity contribution in [3.8, 4) is 0 Å². The van der Waals surface area contributed by atoms with E-state index in [1.165, 1.54) is 10.9 Å². The lowest BCUT2D eigenvalue weighted by Crippen LogP contribution is -2.12. The first-order chi connectivity index (χ1) is 8.15. The largest absolute Gasteiger partial charge is 0.458 e. The summed E-state index contributed by atoms with van der Waals surface area (Å²) < 4.78 is 7.01. The minimum absolute atomic E-state index is 0.471. The van der Waals surface area contributed by atoms with Crippen molar-refractivity contribution in [3.63, 3.8) is 0 Å². The van der Waals surface area contributed by atoms with Crippen LogP contribution in [-0.4, -0.2) is 6.54 Å². The lowest BCUT2D eigenvalue weighted by atomic mass is 9.99. The highest BCUT2D eigenvalue weighted by molar-refractivity contribution is 9.10. The number of para-hydroxylation sites is 1. The van der Waals surface area contributed by atoms with E-state index in [1.807, 2.05) is 6.07 Å². The molecule has 0 fully saturated rings. The van der Waals surface area contributed by atoms with E-state index in [4.69, 9.17) is 4.42 Å². The number of nitrogens with one attached hydrogen (secondary N) is 1. The van der Waals surface area contributed by atoms with Gasteiger partial charge in [0.05, 0.1) is 11.0 Å². The number of benzene rings is 1. The first-order valence-electron chi connectivity index (χ1n) is 6.05. The molecule has 0 aliphatic heterocycles. The summed E-state index contributed by atoms with van der Waals surface area (Å²) >= 11 is 3.55. The molecule has 17 heavy (non-hydrogen) atoms. The van der Waals surface area contributed by atoms with Crippen LogP contribution < -0.4 is 5.32 Å². The van der Waals surface area contributed by atoms with Gasteiger partial charge in [0.15, 0.2) is 0 Å². The molecule has 1 N–H and O–H groups in total. The van der Waals surface area contributed by atoms with Crippen LogP contribution in [0, 0.1) is 0 Å². The SMILES string of the molecule is CCNCc1oc2c(Br)cccc2c1C(C)C. The number of fused-ring (bicyclic) bond motifs is 1. The van der Waals surface area contributed by atoms with Crippen molar-refractivity contribution in [2.24, 2.45) is 0 Å². The van der Waals surface area contributed by atoms with Crippen molar-refractivity contribution in [3.05, 3.63) is 34.0 Å². The standard InChI is InChI=1S/C14H18BrNO/c1-4-16-8-12-13(9(2)3)10-6-5-7-11(15)14(10)17-12/h5-7,9,16H,4,8H2,1-3H3. The lowest BCUT2D eigenvalue weighted by Gasteiger charge is -2.06. The maximum Gasteiger partial charge on any atom is 0.148 e. The van der Waals surface area contributed by atoms with Gasteiger partial charge in [0, 0.05) is 10.9 Å². The van der Waals surface area contributed by atoms with E-state index in [0.29, 0.717) is 5.92 Å². The van der Waals surface area contributed by atoms with Crippen molar-refractivity contribution in [1.29, 1.82) is 0 Å². The molecular formula is C14H18BrNO. The normalized spacial score (nSPS) is 11.6. The van der Waals surface area contributed by atoms with Crippen molar-refractivity contribution in [2.45, 2.75) is 33.2 Å². The third-order valence-electron chi connectivity index (χ3n) is 2.90. The Morgan fingerprint density at radius 3 is 2.76 bits per heavy atom. The van der Waals surface area contributed by atoms with Gasteiger partial charge in [-0.3, -0.25) is 0 Å². The van der Waals surface area contributed by atoms with Gasteiger partial charge in [-0.1, -0.05) is 32.9 Å². The Morgan fingerprint density at radius 1 is 1.35 bits per heavy atom. The molecule has 0 aliphatic carbocycles. The maximum absolute atomic E-state index is 5.98. The molecule has 1 heterocycles. The smallest absolute Gasteiger partial charge is 0.148 e. The molecule has 0 amide bonds. The fraction of sp³-hybridized carbons (Fsp3) is 0.429. The molecular weight excluding hydrogens is 278 g/mol. The second kappa shape index (κ2) is 5.23. The Kier molecular flexibility index (Phi) is 3.89. The predicted octanol–water partition coefficient (Wildman–Crippen LogP) is 4.43. The van der Waals surface area contributed by atoms with Gasteiger partial charge >= 0.3 is 0 Å². The fourth-order valence-corrected chi connectivity index (χ4v) is 2.60. The Bertz CT molecular complexity index is 516. The molecule has 0 radical (unpaired) electrons. The maximum atomic E-state index is 5.98. The van der Waals surface area contributed by atoms with E-state index in [2.05, 4.69) is 54.2 Å². The lowest BCUT2D eigenvalue weighted by molar-refractivity contribution is 0.509. The molecule has 92 valence electrons. The van der Waals surface area contributed by atoms with Gasteiger partial charge in [-0.2, -0.15) is 0 Å². The average Bonchev–Trinajstić information content (AvgIpc) is 2.66. The number of halogens is 1. The van der Waals surface area contributed by atoms with E-state index in [9.17, 15) is 0 Å². The molecule has 1 aromatic carbocycles. The summed E-state index contributed by atoms with van der Waals surface area (Å²) in [4.78, 5) is 0. The minimum Gasteiger partial charge on any atom is -0.458 e.